The summed E-state index contributed by atoms with van der Waals surface area (Å²) >= 11 is 12.2. The zero-order valence-corrected chi connectivity index (χ0v) is 25.2. The number of aromatic nitrogens is 2. The van der Waals surface area contributed by atoms with E-state index in [1.165, 1.54) is 6.07 Å². The number of amides is 2. The molecule has 0 fully saturated rings. The molecule has 0 aliphatic carbocycles. The molecule has 4 aromatic rings. The Kier molecular flexibility index (Phi) is 10.9. The third kappa shape index (κ3) is 9.15. The molecule has 4 rings (SSSR count). The van der Waals surface area contributed by atoms with Crippen molar-refractivity contribution >= 4 is 46.8 Å². The zero-order valence-electron chi connectivity index (χ0n) is 23.6. The molecule has 2 atom stereocenters. The van der Waals surface area contributed by atoms with Crippen molar-refractivity contribution in [2.24, 2.45) is 5.92 Å². The maximum Gasteiger partial charge on any atom is 0.335 e. The van der Waals surface area contributed by atoms with Crippen LogP contribution >= 0.6 is 23.2 Å². The van der Waals surface area contributed by atoms with Crippen molar-refractivity contribution in [3.63, 3.8) is 0 Å². The van der Waals surface area contributed by atoms with Gasteiger partial charge in [-0.3, -0.25) is 14.7 Å². The van der Waals surface area contributed by atoms with Crippen molar-refractivity contribution in [3.8, 4) is 11.1 Å². The van der Waals surface area contributed by atoms with Crippen LogP contribution in [0.15, 0.2) is 78.9 Å². The molecule has 2 amide bonds. The molecular formula is C32H32Cl2N4O5. The number of anilines is 1. The van der Waals surface area contributed by atoms with Gasteiger partial charge in [-0.25, -0.2) is 4.79 Å². The number of hydrogen-bond donors (Lipinski definition) is 4. The molecule has 0 spiro atoms. The highest BCUT2D eigenvalue weighted by Crippen LogP contribution is 2.24. The van der Waals surface area contributed by atoms with Gasteiger partial charge in [-0.1, -0.05) is 85.6 Å². The number of nitrogens with zero attached hydrogens (tertiary/aromatic N) is 1. The SMILES string of the molecule is CC(C)COC(=O)[C@H](O)C[C@@H](Cc1ccc(-c2cccc(Cl)c2)cc1)NC(=O)c1cc(NC(=O)c2ccccc2Cl)n[nH]1. The van der Waals surface area contributed by atoms with Crippen molar-refractivity contribution in [3.05, 3.63) is 106 Å². The molecule has 3 aromatic carbocycles. The van der Waals surface area contributed by atoms with Gasteiger partial charge in [-0.15, -0.1) is 0 Å². The second-order valence-corrected chi connectivity index (χ2v) is 11.3. The Hall–Kier alpha value is -4.18. The Morgan fingerprint density at radius 3 is 2.37 bits per heavy atom. The van der Waals surface area contributed by atoms with E-state index in [2.05, 4.69) is 20.8 Å². The van der Waals surface area contributed by atoms with E-state index in [0.717, 1.165) is 16.7 Å². The molecule has 0 aliphatic heterocycles. The minimum atomic E-state index is -1.44. The molecule has 1 heterocycles. The molecule has 0 saturated heterocycles. The van der Waals surface area contributed by atoms with Crippen LogP contribution < -0.4 is 10.6 Å². The number of carbonyl (C=O) groups excluding carboxylic acids is 3. The predicted molar refractivity (Wildman–Crippen MR) is 166 cm³/mol. The second-order valence-electron chi connectivity index (χ2n) is 10.5. The van der Waals surface area contributed by atoms with Gasteiger partial charge in [0.2, 0.25) is 0 Å². The fourth-order valence-electron chi connectivity index (χ4n) is 4.28. The molecule has 0 saturated carbocycles. The van der Waals surface area contributed by atoms with E-state index in [4.69, 9.17) is 27.9 Å². The Labute approximate surface area is 259 Å². The minimum absolute atomic E-state index is 0.0765. The van der Waals surface area contributed by atoms with E-state index in [9.17, 15) is 19.5 Å². The summed E-state index contributed by atoms with van der Waals surface area (Å²) in [7, 11) is 0. The third-order valence-electron chi connectivity index (χ3n) is 6.45. The third-order valence-corrected chi connectivity index (χ3v) is 7.02. The number of carbonyl (C=O) groups is 3. The lowest BCUT2D eigenvalue weighted by Gasteiger charge is -2.21. The lowest BCUT2D eigenvalue weighted by Crippen LogP contribution is -2.41. The van der Waals surface area contributed by atoms with Crippen LogP contribution in [0.4, 0.5) is 5.82 Å². The highest BCUT2D eigenvalue weighted by Gasteiger charge is 2.25. The van der Waals surface area contributed by atoms with E-state index in [1.807, 2.05) is 56.3 Å². The minimum Gasteiger partial charge on any atom is -0.464 e. The van der Waals surface area contributed by atoms with Crippen molar-refractivity contribution in [1.29, 1.82) is 0 Å². The fourth-order valence-corrected chi connectivity index (χ4v) is 4.70. The zero-order chi connectivity index (χ0) is 30.9. The number of hydrogen-bond acceptors (Lipinski definition) is 6. The highest BCUT2D eigenvalue weighted by atomic mass is 35.5. The van der Waals surface area contributed by atoms with Crippen LogP contribution in [-0.4, -0.2) is 51.8 Å². The van der Waals surface area contributed by atoms with E-state index < -0.39 is 29.9 Å². The Balaban J connectivity index is 1.46. The highest BCUT2D eigenvalue weighted by molar-refractivity contribution is 6.34. The number of aliphatic hydroxyl groups is 1. The molecule has 4 N–H and O–H groups in total. The molecule has 11 heteroatoms. The Bertz CT molecular complexity index is 1570. The number of nitrogens with one attached hydrogen (secondary N) is 3. The van der Waals surface area contributed by atoms with Crippen molar-refractivity contribution < 1.29 is 24.2 Å². The quantitative estimate of drug-likeness (QED) is 0.145. The molecule has 43 heavy (non-hydrogen) atoms. The monoisotopic (exact) mass is 622 g/mol. The molecule has 0 radical (unpaired) electrons. The molecule has 224 valence electrons. The first-order chi connectivity index (χ1) is 20.6. The van der Waals surface area contributed by atoms with E-state index >= 15 is 0 Å². The van der Waals surface area contributed by atoms with Gasteiger partial charge in [0, 0.05) is 23.6 Å². The van der Waals surface area contributed by atoms with Crippen LogP contribution in [0.3, 0.4) is 0 Å². The largest absolute Gasteiger partial charge is 0.464 e. The van der Waals surface area contributed by atoms with Crippen LogP contribution in [0.1, 0.15) is 46.7 Å². The fraction of sp³-hybridized carbons (Fsp3) is 0.250. The lowest BCUT2D eigenvalue weighted by atomic mass is 9.97. The number of halogens is 2. The van der Waals surface area contributed by atoms with Crippen LogP contribution in [0.25, 0.3) is 11.1 Å². The molecule has 0 bridgehead atoms. The average Bonchev–Trinajstić information content (AvgIpc) is 3.45. The standard InChI is InChI=1S/C32H32Cl2N4O5/c1-19(2)18-43-32(42)28(39)16-24(14-20-10-12-21(13-11-20)22-6-5-7-23(33)15-22)35-31(41)27-17-29(38-37-27)36-30(40)25-8-3-4-9-26(25)34/h3-13,15,17,19,24,28,39H,14,16,18H2,1-2H3,(H,35,41)(H2,36,37,38,40)/t24-,28-/m1/s1. The van der Waals surface area contributed by atoms with E-state index in [0.29, 0.717) is 11.4 Å². The molecule has 9 nitrogen and oxygen atoms in total. The number of aromatic amines is 1. The first-order valence-electron chi connectivity index (χ1n) is 13.7. The van der Waals surface area contributed by atoms with Gasteiger partial charge in [-0.05, 0) is 53.3 Å². The number of H-pyrrole nitrogens is 1. The summed E-state index contributed by atoms with van der Waals surface area (Å²) in [4.78, 5) is 38.2. The van der Waals surface area contributed by atoms with Gasteiger partial charge in [0.15, 0.2) is 11.9 Å². The van der Waals surface area contributed by atoms with Gasteiger partial charge < -0.3 is 20.5 Å². The summed E-state index contributed by atoms with van der Waals surface area (Å²) in [6, 6.07) is 22.5. The van der Waals surface area contributed by atoms with Crippen LogP contribution in [-0.2, 0) is 16.0 Å². The lowest BCUT2D eigenvalue weighted by molar-refractivity contribution is -0.155. The summed E-state index contributed by atoms with van der Waals surface area (Å²) in [5.41, 5.74) is 3.14. The van der Waals surface area contributed by atoms with Gasteiger partial charge in [-0.2, -0.15) is 5.10 Å². The summed E-state index contributed by atoms with van der Waals surface area (Å²) < 4.78 is 5.19. The summed E-state index contributed by atoms with van der Waals surface area (Å²) in [5.74, 6) is -1.53. The number of rotatable bonds is 12. The van der Waals surface area contributed by atoms with Crippen molar-refractivity contribution in [1.82, 2.24) is 15.5 Å². The Morgan fingerprint density at radius 2 is 1.67 bits per heavy atom. The van der Waals surface area contributed by atoms with E-state index in [1.54, 1.807) is 30.3 Å². The number of esters is 1. The summed E-state index contributed by atoms with van der Waals surface area (Å²) in [6.07, 6.45) is -1.20. The van der Waals surface area contributed by atoms with Crippen LogP contribution in [0.2, 0.25) is 10.0 Å². The first-order valence-corrected chi connectivity index (χ1v) is 14.5. The molecule has 0 unspecified atom stereocenters. The van der Waals surface area contributed by atoms with Gasteiger partial charge in [0.25, 0.3) is 11.8 Å². The first kappa shape index (κ1) is 31.7. The van der Waals surface area contributed by atoms with Gasteiger partial charge >= 0.3 is 5.97 Å². The maximum atomic E-state index is 13.2. The molecule has 1 aromatic heterocycles. The van der Waals surface area contributed by atoms with Gasteiger partial charge in [0.1, 0.15) is 5.69 Å². The Morgan fingerprint density at radius 1 is 0.930 bits per heavy atom. The topological polar surface area (TPSA) is 133 Å². The van der Waals surface area contributed by atoms with Crippen molar-refractivity contribution in [2.45, 2.75) is 38.8 Å². The van der Waals surface area contributed by atoms with Crippen molar-refractivity contribution in [2.75, 3.05) is 11.9 Å². The number of ether oxygens (including phenoxy) is 1. The summed E-state index contributed by atoms with van der Waals surface area (Å²) in [5, 5.41) is 23.6. The van der Waals surface area contributed by atoms with Crippen LogP contribution in [0, 0.1) is 5.92 Å². The molecular weight excluding hydrogens is 591 g/mol. The molecule has 0 aliphatic rings. The average molecular weight is 624 g/mol. The van der Waals surface area contributed by atoms with E-state index in [-0.39, 0.29) is 41.0 Å². The number of aliphatic hydroxyl groups excluding tert-OH is 1. The number of benzene rings is 3. The summed E-state index contributed by atoms with van der Waals surface area (Å²) in [6.45, 7) is 3.96. The smallest absolute Gasteiger partial charge is 0.335 e. The normalized spacial score (nSPS) is 12.4. The van der Waals surface area contributed by atoms with Crippen LogP contribution in [0.5, 0.6) is 0 Å². The second kappa shape index (κ2) is 14.8. The van der Waals surface area contributed by atoms with Gasteiger partial charge in [0.05, 0.1) is 17.2 Å². The maximum absolute atomic E-state index is 13.2. The predicted octanol–water partition coefficient (Wildman–Crippen LogP) is 5.93.